The van der Waals surface area contributed by atoms with E-state index in [4.69, 9.17) is 4.74 Å². The summed E-state index contributed by atoms with van der Waals surface area (Å²) in [7, 11) is 4.02. The number of nitrogens with zero attached hydrogens (tertiary/aromatic N) is 4. The van der Waals surface area contributed by atoms with Crippen LogP contribution in [0.4, 0.5) is 4.79 Å². The molecule has 2 N–H and O–H groups in total. The molecule has 1 aromatic carbocycles. The van der Waals surface area contributed by atoms with Crippen LogP contribution in [0.25, 0.3) is 0 Å². The van der Waals surface area contributed by atoms with Crippen molar-refractivity contribution < 1.29 is 9.53 Å². The highest BCUT2D eigenvalue weighted by molar-refractivity contribution is 14.0. The van der Waals surface area contributed by atoms with Gasteiger partial charge in [0.15, 0.2) is 5.96 Å². The summed E-state index contributed by atoms with van der Waals surface area (Å²) in [4.78, 5) is 23.1. The van der Waals surface area contributed by atoms with Gasteiger partial charge in [-0.25, -0.2) is 4.79 Å². The third-order valence-corrected chi connectivity index (χ3v) is 6.38. The van der Waals surface area contributed by atoms with Crippen LogP contribution in [0, 0.1) is 0 Å². The summed E-state index contributed by atoms with van der Waals surface area (Å²) in [5.41, 5.74) is 1.40. The lowest BCUT2D eigenvalue weighted by Crippen LogP contribution is -2.50. The zero-order valence-electron chi connectivity index (χ0n) is 20.3. The molecule has 0 bridgehead atoms. The summed E-state index contributed by atoms with van der Waals surface area (Å²) in [6.07, 6.45) is 2.67. The molecule has 0 spiro atoms. The molecule has 3 rings (SSSR count). The molecule has 9 heteroatoms. The lowest BCUT2D eigenvalue weighted by atomic mass is 10.0. The Morgan fingerprint density at radius 2 is 1.88 bits per heavy atom. The Balaban J connectivity index is 0.00000385. The highest BCUT2D eigenvalue weighted by Gasteiger charge is 2.26. The van der Waals surface area contributed by atoms with E-state index in [0.717, 1.165) is 71.0 Å². The van der Waals surface area contributed by atoms with Crippen molar-refractivity contribution in [3.8, 4) is 0 Å². The van der Waals surface area contributed by atoms with Gasteiger partial charge in [0.25, 0.3) is 0 Å². The van der Waals surface area contributed by atoms with Crippen molar-refractivity contribution in [3.05, 3.63) is 35.9 Å². The van der Waals surface area contributed by atoms with E-state index in [-0.39, 0.29) is 30.1 Å². The topological polar surface area (TPSA) is 72.4 Å². The van der Waals surface area contributed by atoms with E-state index in [1.165, 1.54) is 5.56 Å². The van der Waals surface area contributed by atoms with E-state index in [2.05, 4.69) is 62.8 Å². The third-order valence-electron chi connectivity index (χ3n) is 6.38. The van der Waals surface area contributed by atoms with E-state index in [1.807, 2.05) is 14.0 Å². The summed E-state index contributed by atoms with van der Waals surface area (Å²) >= 11 is 0. The Kier molecular flexibility index (Phi) is 12.3. The molecule has 2 saturated heterocycles. The van der Waals surface area contributed by atoms with E-state index in [0.29, 0.717) is 18.7 Å². The second-order valence-corrected chi connectivity index (χ2v) is 8.68. The van der Waals surface area contributed by atoms with Crippen molar-refractivity contribution in [1.29, 1.82) is 0 Å². The molecule has 186 valence electrons. The lowest BCUT2D eigenvalue weighted by molar-refractivity contribution is 0.0891. The Labute approximate surface area is 216 Å². The molecule has 8 nitrogen and oxygen atoms in total. The zero-order valence-corrected chi connectivity index (χ0v) is 22.7. The van der Waals surface area contributed by atoms with Crippen LogP contribution >= 0.6 is 24.0 Å². The van der Waals surface area contributed by atoms with Crippen LogP contribution in [0.3, 0.4) is 0 Å². The highest BCUT2D eigenvalue weighted by Crippen LogP contribution is 2.24. The average molecular weight is 573 g/mol. The Morgan fingerprint density at radius 1 is 1.15 bits per heavy atom. The normalized spacial score (nSPS) is 20.8. The number of piperidine rings is 1. The van der Waals surface area contributed by atoms with Gasteiger partial charge >= 0.3 is 6.09 Å². The quantitative estimate of drug-likeness (QED) is 0.227. The number of carbonyl (C=O) groups excluding carboxylic acids is 1. The van der Waals surface area contributed by atoms with Gasteiger partial charge in [0, 0.05) is 64.9 Å². The van der Waals surface area contributed by atoms with E-state index in [9.17, 15) is 4.79 Å². The number of rotatable bonds is 7. The maximum Gasteiger partial charge on any atom is 0.409 e. The second-order valence-electron chi connectivity index (χ2n) is 8.68. The number of hydrogen-bond donors (Lipinski definition) is 2. The minimum absolute atomic E-state index is 0. The minimum atomic E-state index is -0.203. The van der Waals surface area contributed by atoms with Crippen LogP contribution in [-0.4, -0.2) is 99.3 Å². The summed E-state index contributed by atoms with van der Waals surface area (Å²) in [6, 6.07) is 11.6. The number of ether oxygens (including phenoxy) is 1. The number of guanidine groups is 1. The van der Waals surface area contributed by atoms with Gasteiger partial charge in [-0.1, -0.05) is 30.3 Å². The molecule has 1 atom stereocenters. The molecule has 0 aliphatic carbocycles. The van der Waals surface area contributed by atoms with Gasteiger partial charge in [-0.3, -0.25) is 9.89 Å². The number of nitrogens with one attached hydrogen (secondary N) is 2. The van der Waals surface area contributed by atoms with Crippen LogP contribution in [0.2, 0.25) is 0 Å². The van der Waals surface area contributed by atoms with Crippen molar-refractivity contribution in [2.45, 2.75) is 38.3 Å². The maximum absolute atomic E-state index is 11.9. The minimum Gasteiger partial charge on any atom is -0.450 e. The Bertz CT molecular complexity index is 727. The van der Waals surface area contributed by atoms with Crippen molar-refractivity contribution in [2.24, 2.45) is 4.99 Å². The van der Waals surface area contributed by atoms with Crippen molar-refractivity contribution in [3.63, 3.8) is 0 Å². The smallest absolute Gasteiger partial charge is 0.409 e. The lowest BCUT2D eigenvalue weighted by Gasteiger charge is -2.40. The molecule has 2 aliphatic rings. The SMILES string of the molecule is CCOC(=O)N1CCC(NC(=NC)NCCCN2CCN(C)CC2c2ccccc2)CC1.I. The van der Waals surface area contributed by atoms with Gasteiger partial charge in [-0.15, -0.1) is 24.0 Å². The summed E-state index contributed by atoms with van der Waals surface area (Å²) < 4.78 is 5.10. The number of likely N-dealkylation sites (tertiary alicyclic amines) is 1. The second kappa shape index (κ2) is 14.6. The predicted octanol–water partition coefficient (Wildman–Crippen LogP) is 2.77. The van der Waals surface area contributed by atoms with Crippen molar-refractivity contribution in [2.75, 3.05) is 66.5 Å². The fourth-order valence-corrected chi connectivity index (χ4v) is 4.51. The standard InChI is InChI=1S/C24H40N6O2.HI/c1-4-32-24(31)30-15-11-21(12-16-30)27-23(25-2)26-13-8-14-29-18-17-28(3)19-22(29)20-9-6-5-7-10-20;/h5-7,9-10,21-22H,4,8,11-19H2,1-3H3,(H2,25,26,27);1H. The number of aliphatic imine (C=N–C) groups is 1. The van der Waals surface area contributed by atoms with Gasteiger partial charge < -0.3 is 25.2 Å². The van der Waals surface area contributed by atoms with Crippen molar-refractivity contribution in [1.82, 2.24) is 25.3 Å². The number of benzene rings is 1. The first kappa shape index (κ1) is 27.7. The molecule has 2 heterocycles. The van der Waals surface area contributed by atoms with E-state index in [1.54, 1.807) is 4.90 Å². The Hall–Kier alpha value is -1.59. The number of carbonyl (C=O) groups is 1. The van der Waals surface area contributed by atoms with Gasteiger partial charge in [0.2, 0.25) is 0 Å². The number of likely N-dealkylation sites (N-methyl/N-ethyl adjacent to an activating group) is 1. The Morgan fingerprint density at radius 3 is 2.55 bits per heavy atom. The average Bonchev–Trinajstić information content (AvgIpc) is 2.82. The van der Waals surface area contributed by atoms with Crippen LogP contribution in [0.5, 0.6) is 0 Å². The molecule has 1 unspecified atom stereocenters. The molecular weight excluding hydrogens is 531 g/mol. The first-order chi connectivity index (χ1) is 15.6. The fourth-order valence-electron chi connectivity index (χ4n) is 4.51. The molecule has 2 fully saturated rings. The molecule has 0 saturated carbocycles. The monoisotopic (exact) mass is 572 g/mol. The molecule has 2 aliphatic heterocycles. The molecule has 0 aromatic heterocycles. The van der Waals surface area contributed by atoms with Crippen LogP contribution in [0.1, 0.15) is 37.8 Å². The maximum atomic E-state index is 11.9. The summed E-state index contributed by atoms with van der Waals surface area (Å²) in [5, 5.41) is 6.99. The molecule has 1 aromatic rings. The van der Waals surface area contributed by atoms with E-state index >= 15 is 0 Å². The first-order valence-corrected chi connectivity index (χ1v) is 12.0. The number of amides is 1. The third kappa shape index (κ3) is 8.60. The van der Waals surface area contributed by atoms with Crippen molar-refractivity contribution >= 4 is 36.0 Å². The van der Waals surface area contributed by atoms with Crippen LogP contribution < -0.4 is 10.6 Å². The molecule has 33 heavy (non-hydrogen) atoms. The van der Waals surface area contributed by atoms with Gasteiger partial charge in [-0.2, -0.15) is 0 Å². The molecular formula is C24H41IN6O2. The molecule has 1 amide bonds. The van der Waals surface area contributed by atoms with E-state index < -0.39 is 0 Å². The zero-order chi connectivity index (χ0) is 22.8. The van der Waals surface area contributed by atoms with Crippen LogP contribution in [-0.2, 0) is 4.74 Å². The predicted molar refractivity (Wildman–Crippen MR) is 144 cm³/mol. The highest BCUT2D eigenvalue weighted by atomic mass is 127. The largest absolute Gasteiger partial charge is 0.450 e. The van der Waals surface area contributed by atoms with Crippen LogP contribution in [0.15, 0.2) is 35.3 Å². The van der Waals surface area contributed by atoms with Gasteiger partial charge in [0.1, 0.15) is 0 Å². The van der Waals surface area contributed by atoms with Gasteiger partial charge in [0.05, 0.1) is 6.61 Å². The first-order valence-electron chi connectivity index (χ1n) is 12.0. The molecule has 0 radical (unpaired) electrons. The fraction of sp³-hybridized carbons (Fsp3) is 0.667. The number of hydrogen-bond acceptors (Lipinski definition) is 5. The summed E-state index contributed by atoms with van der Waals surface area (Å²) in [6.45, 7) is 8.94. The number of halogens is 1. The van der Waals surface area contributed by atoms with Gasteiger partial charge in [-0.05, 0) is 38.8 Å². The summed E-state index contributed by atoms with van der Waals surface area (Å²) in [5.74, 6) is 0.845. The number of piperazine rings is 1.